The molecule has 5 rings (SSSR count). The molecule has 2 aliphatic heterocycles. The molecular formula is C24H23ClN4O5. The number of carbonyl (C=O) groups excluding carboxylic acids is 2. The summed E-state index contributed by atoms with van der Waals surface area (Å²) in [6, 6.07) is 14.4. The number of benzene rings is 2. The molecule has 0 aliphatic carbocycles. The predicted octanol–water partition coefficient (Wildman–Crippen LogP) is 2.83. The monoisotopic (exact) mass is 482 g/mol. The van der Waals surface area contributed by atoms with Crippen molar-refractivity contribution in [2.45, 2.75) is 18.9 Å². The van der Waals surface area contributed by atoms with E-state index in [9.17, 15) is 9.59 Å². The molecule has 1 saturated heterocycles. The highest BCUT2D eigenvalue weighted by molar-refractivity contribution is 6.30. The molecule has 0 spiro atoms. The number of ether oxygens (including phenoxy) is 2. The zero-order chi connectivity index (χ0) is 23.5. The van der Waals surface area contributed by atoms with Gasteiger partial charge in [0.05, 0.1) is 0 Å². The van der Waals surface area contributed by atoms with Crippen LogP contribution >= 0.6 is 11.6 Å². The zero-order valence-corrected chi connectivity index (χ0v) is 19.1. The molecule has 0 N–H and O–H groups in total. The average molecular weight is 483 g/mol. The number of halogens is 1. The molecule has 2 amide bonds. The van der Waals surface area contributed by atoms with Gasteiger partial charge < -0.3 is 23.8 Å². The molecule has 2 aromatic carbocycles. The minimum absolute atomic E-state index is 0.00970. The molecule has 0 radical (unpaired) electrons. The summed E-state index contributed by atoms with van der Waals surface area (Å²) in [6.45, 7) is 2.01. The first-order valence-electron chi connectivity index (χ1n) is 11.1. The van der Waals surface area contributed by atoms with E-state index in [0.717, 1.165) is 5.56 Å². The fraction of sp³-hybridized carbons (Fsp3) is 0.333. The number of aryl methyl sites for hydroxylation is 1. The van der Waals surface area contributed by atoms with Gasteiger partial charge in [0.15, 0.2) is 11.5 Å². The molecule has 0 bridgehead atoms. The Labute approximate surface area is 201 Å². The third-order valence-electron chi connectivity index (χ3n) is 5.85. The molecule has 3 aromatic rings. The lowest BCUT2D eigenvalue weighted by Gasteiger charge is -2.37. The van der Waals surface area contributed by atoms with Crippen molar-refractivity contribution in [1.82, 2.24) is 19.9 Å². The van der Waals surface area contributed by atoms with Crippen LogP contribution in [0.4, 0.5) is 0 Å². The largest absolute Gasteiger partial charge is 0.485 e. The first kappa shape index (κ1) is 22.2. The fourth-order valence-corrected chi connectivity index (χ4v) is 4.09. The summed E-state index contributed by atoms with van der Waals surface area (Å²) in [5, 5.41) is 4.60. The van der Waals surface area contributed by atoms with Crippen LogP contribution < -0.4 is 9.47 Å². The number of hydrogen-bond donors (Lipinski definition) is 0. The van der Waals surface area contributed by atoms with Crippen LogP contribution in [0.1, 0.15) is 12.3 Å². The molecule has 1 atom stereocenters. The molecule has 1 unspecified atom stereocenters. The van der Waals surface area contributed by atoms with E-state index in [4.69, 9.17) is 25.6 Å². The Morgan fingerprint density at radius 3 is 2.44 bits per heavy atom. The second kappa shape index (κ2) is 9.72. The summed E-state index contributed by atoms with van der Waals surface area (Å²) in [7, 11) is 0. The first-order valence-corrected chi connectivity index (χ1v) is 11.5. The maximum Gasteiger partial charge on any atom is 0.267 e. The van der Waals surface area contributed by atoms with Crippen molar-refractivity contribution in [3.63, 3.8) is 0 Å². The standard InChI is InChI=1S/C24H23ClN4O5/c25-17-7-5-16(6-8-17)23-26-21(34-27-23)9-10-22(30)28-11-13-29(14-12-28)24(31)20-15-32-18-3-1-2-4-19(18)33-20/h1-8,20H,9-15H2. The van der Waals surface area contributed by atoms with Crippen LogP contribution in [-0.2, 0) is 16.0 Å². The van der Waals surface area contributed by atoms with Crippen LogP contribution in [0.5, 0.6) is 11.5 Å². The van der Waals surface area contributed by atoms with Crippen molar-refractivity contribution in [2.24, 2.45) is 0 Å². The Morgan fingerprint density at radius 1 is 0.971 bits per heavy atom. The topological polar surface area (TPSA) is 98.0 Å². The number of para-hydroxylation sites is 2. The Morgan fingerprint density at radius 2 is 1.68 bits per heavy atom. The number of nitrogens with zero attached hydrogens (tertiary/aromatic N) is 4. The van der Waals surface area contributed by atoms with Gasteiger partial charge in [0.1, 0.15) is 6.61 Å². The number of hydrogen-bond acceptors (Lipinski definition) is 7. The molecule has 1 fully saturated rings. The minimum atomic E-state index is -0.676. The summed E-state index contributed by atoms with van der Waals surface area (Å²) in [6.07, 6.45) is -0.0675. The number of fused-ring (bicyclic) bond motifs is 1. The van der Waals surface area contributed by atoms with E-state index in [1.54, 1.807) is 28.0 Å². The summed E-state index contributed by atoms with van der Waals surface area (Å²) < 4.78 is 16.8. The van der Waals surface area contributed by atoms with Gasteiger partial charge in [-0.3, -0.25) is 9.59 Å². The van der Waals surface area contributed by atoms with Crippen molar-refractivity contribution in [3.8, 4) is 22.9 Å². The van der Waals surface area contributed by atoms with Gasteiger partial charge in [-0.2, -0.15) is 4.98 Å². The Kier molecular flexibility index (Phi) is 6.35. The number of amides is 2. The van der Waals surface area contributed by atoms with Gasteiger partial charge >= 0.3 is 0 Å². The molecule has 0 saturated carbocycles. The molecule has 3 heterocycles. The van der Waals surface area contributed by atoms with Crippen LogP contribution in [0.3, 0.4) is 0 Å². The van der Waals surface area contributed by atoms with E-state index < -0.39 is 6.10 Å². The lowest BCUT2D eigenvalue weighted by atomic mass is 10.2. The SMILES string of the molecule is O=C(CCc1nc(-c2ccc(Cl)cc2)no1)N1CCN(C(=O)C2COc3ccccc3O2)CC1. The van der Waals surface area contributed by atoms with E-state index in [1.165, 1.54) is 0 Å². The first-order chi connectivity index (χ1) is 16.6. The summed E-state index contributed by atoms with van der Waals surface area (Å²) in [5.41, 5.74) is 0.794. The fourth-order valence-electron chi connectivity index (χ4n) is 3.97. The third kappa shape index (κ3) is 4.84. The molecule has 9 nitrogen and oxygen atoms in total. The van der Waals surface area contributed by atoms with E-state index in [1.807, 2.05) is 30.3 Å². The van der Waals surface area contributed by atoms with E-state index in [2.05, 4.69) is 10.1 Å². The van der Waals surface area contributed by atoms with Gasteiger partial charge in [0, 0.05) is 49.6 Å². The van der Waals surface area contributed by atoms with Gasteiger partial charge in [-0.25, -0.2) is 0 Å². The number of aromatic nitrogens is 2. The Bertz CT molecular complexity index is 1170. The number of carbonyl (C=O) groups is 2. The number of rotatable bonds is 5. The maximum atomic E-state index is 12.9. The minimum Gasteiger partial charge on any atom is -0.485 e. The van der Waals surface area contributed by atoms with Gasteiger partial charge in [-0.05, 0) is 36.4 Å². The zero-order valence-electron chi connectivity index (χ0n) is 18.4. The molecule has 34 heavy (non-hydrogen) atoms. The summed E-state index contributed by atoms with van der Waals surface area (Å²) >= 11 is 5.91. The molecule has 2 aliphatic rings. The smallest absolute Gasteiger partial charge is 0.267 e. The van der Waals surface area contributed by atoms with Crippen LogP contribution in [-0.4, -0.2) is 70.6 Å². The lowest BCUT2D eigenvalue weighted by Crippen LogP contribution is -2.55. The third-order valence-corrected chi connectivity index (χ3v) is 6.10. The molecule has 176 valence electrons. The van der Waals surface area contributed by atoms with Crippen molar-refractivity contribution >= 4 is 23.4 Å². The normalized spacial score (nSPS) is 17.5. The Hall–Kier alpha value is -3.59. The highest BCUT2D eigenvalue weighted by Crippen LogP contribution is 2.31. The van der Waals surface area contributed by atoms with Crippen LogP contribution in [0.15, 0.2) is 53.1 Å². The quantitative estimate of drug-likeness (QED) is 0.551. The van der Waals surface area contributed by atoms with Crippen LogP contribution in [0.25, 0.3) is 11.4 Å². The van der Waals surface area contributed by atoms with Crippen molar-refractivity contribution < 1.29 is 23.6 Å². The van der Waals surface area contributed by atoms with Crippen molar-refractivity contribution in [2.75, 3.05) is 32.8 Å². The van der Waals surface area contributed by atoms with Gasteiger partial charge in [0.2, 0.25) is 23.7 Å². The highest BCUT2D eigenvalue weighted by atomic mass is 35.5. The van der Waals surface area contributed by atoms with Gasteiger partial charge in [-0.1, -0.05) is 28.9 Å². The van der Waals surface area contributed by atoms with Gasteiger partial charge in [-0.15, -0.1) is 0 Å². The maximum absolute atomic E-state index is 12.9. The van der Waals surface area contributed by atoms with E-state index in [0.29, 0.717) is 60.8 Å². The summed E-state index contributed by atoms with van der Waals surface area (Å²) in [5.74, 6) is 1.95. The highest BCUT2D eigenvalue weighted by Gasteiger charge is 2.33. The average Bonchev–Trinajstić information content (AvgIpc) is 3.36. The molecular weight excluding hydrogens is 460 g/mol. The van der Waals surface area contributed by atoms with Crippen molar-refractivity contribution in [1.29, 1.82) is 0 Å². The van der Waals surface area contributed by atoms with Crippen LogP contribution in [0.2, 0.25) is 5.02 Å². The van der Waals surface area contributed by atoms with Crippen molar-refractivity contribution in [3.05, 3.63) is 59.4 Å². The predicted molar refractivity (Wildman–Crippen MR) is 123 cm³/mol. The number of piperazine rings is 1. The Balaban J connectivity index is 1.09. The van der Waals surface area contributed by atoms with Crippen LogP contribution in [0, 0.1) is 0 Å². The van der Waals surface area contributed by atoms with Gasteiger partial charge in [0.25, 0.3) is 5.91 Å². The van der Waals surface area contributed by atoms with E-state index in [-0.39, 0.29) is 24.8 Å². The second-order valence-electron chi connectivity index (χ2n) is 8.09. The molecule has 1 aromatic heterocycles. The van der Waals surface area contributed by atoms with E-state index >= 15 is 0 Å². The molecule has 10 heteroatoms. The summed E-state index contributed by atoms with van der Waals surface area (Å²) in [4.78, 5) is 33.4. The second-order valence-corrected chi connectivity index (χ2v) is 8.53. The lowest BCUT2D eigenvalue weighted by molar-refractivity contribution is -0.146.